The van der Waals surface area contributed by atoms with Crippen LogP contribution >= 0.6 is 0 Å². The summed E-state index contributed by atoms with van der Waals surface area (Å²) >= 11 is 0. The van der Waals surface area contributed by atoms with Crippen molar-refractivity contribution < 1.29 is 0 Å². The molecule has 0 fully saturated rings. The average molecular weight is 482 g/mol. The largest absolute Gasteiger partial charge is 0.317 e. The average Bonchev–Trinajstić information content (AvgIpc) is 3.66. The van der Waals surface area contributed by atoms with E-state index in [1.807, 2.05) is 12.4 Å². The van der Waals surface area contributed by atoms with Crippen molar-refractivity contribution in [2.75, 3.05) is 0 Å². The van der Waals surface area contributed by atoms with E-state index in [4.69, 9.17) is 0 Å². The molecule has 2 heteroatoms. The van der Waals surface area contributed by atoms with E-state index in [0.717, 1.165) is 11.4 Å². The third-order valence-electron chi connectivity index (χ3n) is 8.30. The molecule has 1 aromatic heterocycles. The Morgan fingerprint density at radius 1 is 0.500 bits per heavy atom. The first-order valence-electron chi connectivity index (χ1n) is 13.1. The second kappa shape index (κ2) is 7.20. The normalized spacial score (nSPS) is 12.6. The van der Waals surface area contributed by atoms with Gasteiger partial charge in [-0.05, 0) is 61.7 Å². The predicted molar refractivity (Wildman–Crippen MR) is 161 cm³/mol. The Morgan fingerprint density at radius 2 is 1.24 bits per heavy atom. The van der Waals surface area contributed by atoms with Gasteiger partial charge in [0.25, 0.3) is 0 Å². The lowest BCUT2D eigenvalue weighted by Crippen LogP contribution is -2.00. The van der Waals surface area contributed by atoms with Gasteiger partial charge >= 0.3 is 12.4 Å². The molecule has 2 heterocycles. The fourth-order valence-corrected chi connectivity index (χ4v) is 6.68. The van der Waals surface area contributed by atoms with E-state index in [1.54, 1.807) is 0 Å². The van der Waals surface area contributed by atoms with Crippen molar-refractivity contribution in [2.45, 2.75) is 0 Å². The van der Waals surface area contributed by atoms with Crippen molar-refractivity contribution in [1.82, 2.24) is 9.24 Å². The molecule has 38 heavy (non-hydrogen) atoms. The van der Waals surface area contributed by atoms with Crippen molar-refractivity contribution >= 4 is 44.9 Å². The summed E-state index contributed by atoms with van der Waals surface area (Å²) in [6, 6.07) is 42.2. The summed E-state index contributed by atoms with van der Waals surface area (Å²) in [6.45, 7) is 0. The molecule has 9 rings (SSSR count). The van der Waals surface area contributed by atoms with Gasteiger partial charge in [-0.3, -0.25) is 0 Å². The van der Waals surface area contributed by atoms with E-state index in [1.165, 1.54) is 71.4 Å². The maximum absolute atomic E-state index is 4.52. The summed E-state index contributed by atoms with van der Waals surface area (Å²) in [6.07, 6.45) is 3.99. The van der Waals surface area contributed by atoms with Gasteiger partial charge in [-0.2, -0.15) is 0 Å². The van der Waals surface area contributed by atoms with Gasteiger partial charge in [0.05, 0.1) is 11.1 Å². The van der Waals surface area contributed by atoms with Crippen LogP contribution in [0.1, 0.15) is 11.3 Å². The molecule has 0 unspecified atom stereocenters. The van der Waals surface area contributed by atoms with Gasteiger partial charge in [-0.15, -0.1) is 0 Å². The molecule has 174 valence electrons. The van der Waals surface area contributed by atoms with E-state index < -0.39 is 0 Å². The lowest BCUT2D eigenvalue weighted by Gasteiger charge is -2.13. The molecule has 0 radical (unpaired) electrons. The molecule has 0 saturated heterocycles. The SMILES string of the molecule is C1=[N+]=Cc2c1c1ccc3ccccc3c1n2-c1cccc(-c2ccc3c4c(cccc24)-c2ccccc2-3)c1. The zero-order valence-electron chi connectivity index (χ0n) is 20.5. The van der Waals surface area contributed by atoms with E-state index in [-0.39, 0.29) is 0 Å². The maximum Gasteiger partial charge on any atom is 0.317 e. The Morgan fingerprint density at radius 3 is 2.16 bits per heavy atom. The minimum absolute atomic E-state index is 1.14. The summed E-state index contributed by atoms with van der Waals surface area (Å²) < 4.78 is 6.91. The van der Waals surface area contributed by atoms with Crippen LogP contribution in [0.15, 0.2) is 115 Å². The van der Waals surface area contributed by atoms with Crippen LogP contribution in [0, 0.1) is 0 Å². The lowest BCUT2D eigenvalue weighted by atomic mass is 9.94. The van der Waals surface area contributed by atoms with Gasteiger partial charge in [0.15, 0.2) is 0 Å². The highest BCUT2D eigenvalue weighted by atomic mass is 15.0. The fraction of sp³-hybridized carbons (Fsp3) is 0. The van der Waals surface area contributed by atoms with Gasteiger partial charge in [-0.25, -0.2) is 0 Å². The molecule has 0 saturated carbocycles. The number of fused-ring (bicyclic) bond motifs is 8. The fourth-order valence-electron chi connectivity index (χ4n) is 6.68. The van der Waals surface area contributed by atoms with Crippen molar-refractivity contribution in [1.29, 1.82) is 0 Å². The van der Waals surface area contributed by atoms with E-state index in [2.05, 4.69) is 124 Å². The van der Waals surface area contributed by atoms with E-state index in [9.17, 15) is 0 Å². The molecule has 0 atom stereocenters. The number of nitrogens with zero attached hydrogens (tertiary/aromatic N) is 2. The quantitative estimate of drug-likeness (QED) is 0.222. The minimum atomic E-state index is 1.14. The topological polar surface area (TPSA) is 19.0 Å². The van der Waals surface area contributed by atoms with Crippen LogP contribution in [0.4, 0.5) is 0 Å². The molecule has 7 aromatic rings. The standard InChI is InChI=1S/C36H21N2/c1-2-10-26-22(7-1)15-16-32-33-20-37-21-34(33)38(36(26)32)24-9-5-8-23(19-24)25-17-18-31-28-12-4-3-11-27(28)30-14-6-13-29(25)35(30)31/h1-21H/q+1. The highest BCUT2D eigenvalue weighted by Crippen LogP contribution is 2.49. The van der Waals surface area contributed by atoms with Crippen LogP contribution in [0.5, 0.6) is 0 Å². The third-order valence-corrected chi connectivity index (χ3v) is 8.30. The summed E-state index contributed by atoms with van der Waals surface area (Å²) in [4.78, 5) is 0. The second-order valence-corrected chi connectivity index (χ2v) is 10.2. The summed E-state index contributed by atoms with van der Waals surface area (Å²) in [5.41, 5.74) is 12.5. The van der Waals surface area contributed by atoms with Crippen LogP contribution in [-0.2, 0) is 0 Å². The zero-order valence-corrected chi connectivity index (χ0v) is 20.5. The van der Waals surface area contributed by atoms with Gasteiger partial charge in [0.1, 0.15) is 5.69 Å². The third kappa shape index (κ3) is 2.50. The molecule has 2 nitrogen and oxygen atoms in total. The highest BCUT2D eigenvalue weighted by molar-refractivity contribution is 6.20. The zero-order chi connectivity index (χ0) is 24.8. The first-order chi connectivity index (χ1) is 18.9. The molecule has 1 aliphatic carbocycles. The van der Waals surface area contributed by atoms with Crippen molar-refractivity contribution in [3.05, 3.63) is 127 Å². The van der Waals surface area contributed by atoms with Crippen LogP contribution in [-0.4, -0.2) is 17.0 Å². The Labute approximate surface area is 219 Å². The lowest BCUT2D eigenvalue weighted by molar-refractivity contribution is 1.12. The van der Waals surface area contributed by atoms with Gasteiger partial charge in [-0.1, -0.05) is 108 Å². The number of hydrogen-bond donors (Lipinski definition) is 0. The highest BCUT2D eigenvalue weighted by Gasteiger charge is 2.26. The predicted octanol–water partition coefficient (Wildman–Crippen LogP) is 8.17. The van der Waals surface area contributed by atoms with Gasteiger partial charge in [0.2, 0.25) is 0 Å². The second-order valence-electron chi connectivity index (χ2n) is 10.2. The maximum atomic E-state index is 4.52. The minimum Gasteiger partial charge on any atom is -0.302 e. The van der Waals surface area contributed by atoms with Crippen molar-refractivity contribution in [3.63, 3.8) is 0 Å². The Kier molecular flexibility index (Phi) is 3.78. The number of aromatic nitrogens is 1. The summed E-state index contributed by atoms with van der Waals surface area (Å²) in [5.74, 6) is 0. The Balaban J connectivity index is 1.31. The number of hydrogen-bond acceptors (Lipinski definition) is 0. The van der Waals surface area contributed by atoms with Crippen LogP contribution < -0.4 is 4.67 Å². The molecular weight excluding hydrogens is 460 g/mol. The first kappa shape index (κ1) is 20.0. The first-order valence-corrected chi connectivity index (χ1v) is 13.1. The molecule has 0 spiro atoms. The summed E-state index contributed by atoms with van der Waals surface area (Å²) in [5, 5.41) is 6.41. The van der Waals surface area contributed by atoms with Gasteiger partial charge < -0.3 is 4.57 Å². The Bertz CT molecular complexity index is 2190. The van der Waals surface area contributed by atoms with Gasteiger partial charge in [0, 0.05) is 16.5 Å². The molecular formula is C36H21N2+. The van der Waals surface area contributed by atoms with Crippen LogP contribution in [0.2, 0.25) is 0 Å². The molecule has 0 bridgehead atoms. The van der Waals surface area contributed by atoms with Crippen LogP contribution in [0.3, 0.4) is 0 Å². The Hall–Kier alpha value is -5.17. The number of benzene rings is 6. The molecule has 0 N–H and O–H groups in total. The molecule has 0 amide bonds. The molecule has 2 aliphatic rings. The van der Waals surface area contributed by atoms with Crippen molar-refractivity contribution in [3.8, 4) is 39.1 Å². The van der Waals surface area contributed by atoms with E-state index in [0.29, 0.717) is 0 Å². The molecule has 6 aromatic carbocycles. The summed E-state index contributed by atoms with van der Waals surface area (Å²) in [7, 11) is 0. The van der Waals surface area contributed by atoms with Crippen LogP contribution in [0.25, 0.3) is 71.5 Å². The molecule has 1 aliphatic heterocycles. The monoisotopic (exact) mass is 481 g/mol. The van der Waals surface area contributed by atoms with E-state index >= 15 is 0 Å². The smallest absolute Gasteiger partial charge is 0.302 e. The number of rotatable bonds is 2. The van der Waals surface area contributed by atoms with Crippen molar-refractivity contribution in [2.24, 2.45) is 0 Å².